The van der Waals surface area contributed by atoms with Gasteiger partial charge >= 0.3 is 0 Å². The Balaban J connectivity index is 1.73. The zero-order chi connectivity index (χ0) is 16.2. The summed E-state index contributed by atoms with van der Waals surface area (Å²) in [5.41, 5.74) is 3.00. The van der Waals surface area contributed by atoms with Crippen molar-refractivity contribution >= 4 is 11.6 Å². The quantitative estimate of drug-likeness (QED) is 0.751. The Morgan fingerprint density at radius 3 is 1.87 bits per heavy atom. The monoisotopic (exact) mass is 307 g/mol. The van der Waals surface area contributed by atoms with E-state index >= 15 is 0 Å². The number of carbonyl (C=O) groups is 1. The van der Waals surface area contributed by atoms with Crippen LogP contribution >= 0.6 is 0 Å². The number of rotatable bonds is 3. The lowest BCUT2D eigenvalue weighted by Crippen LogP contribution is -2.11. The molecule has 3 nitrogen and oxygen atoms in total. The molecule has 0 fully saturated rings. The molecule has 0 saturated heterocycles. The first-order chi connectivity index (χ1) is 11.1. The molecule has 0 aliphatic rings. The summed E-state index contributed by atoms with van der Waals surface area (Å²) in [7, 11) is 0. The number of hydrogen-bond donors (Lipinski definition) is 2. The number of phenols is 1. The molecule has 0 saturated carbocycles. The number of hydrogen-bond acceptors (Lipinski definition) is 2. The number of phenolic OH excluding ortho intramolecular Hbond substituents is 1. The summed E-state index contributed by atoms with van der Waals surface area (Å²) in [5, 5.41) is 12.1. The fourth-order valence-corrected chi connectivity index (χ4v) is 2.20. The van der Waals surface area contributed by atoms with Crippen LogP contribution in [0.3, 0.4) is 0 Å². The SMILES string of the molecule is O=C(Nc1ccc(-c2ccc(O)cc2)cc1)c1ccc(F)cc1. The second-order valence-corrected chi connectivity index (χ2v) is 5.09. The van der Waals surface area contributed by atoms with Crippen molar-refractivity contribution in [1.29, 1.82) is 0 Å². The highest BCUT2D eigenvalue weighted by atomic mass is 19.1. The van der Waals surface area contributed by atoms with Crippen molar-refractivity contribution in [2.45, 2.75) is 0 Å². The summed E-state index contributed by atoms with van der Waals surface area (Å²) in [6, 6.07) is 19.6. The van der Waals surface area contributed by atoms with E-state index in [-0.39, 0.29) is 17.5 Å². The van der Waals surface area contributed by atoms with Gasteiger partial charge in [0.25, 0.3) is 5.91 Å². The molecule has 23 heavy (non-hydrogen) atoms. The van der Waals surface area contributed by atoms with Crippen molar-refractivity contribution in [2.75, 3.05) is 5.32 Å². The Hall–Kier alpha value is -3.14. The Morgan fingerprint density at radius 1 is 0.783 bits per heavy atom. The summed E-state index contributed by atoms with van der Waals surface area (Å²) < 4.78 is 12.9. The maximum atomic E-state index is 12.9. The third kappa shape index (κ3) is 3.55. The molecule has 0 heterocycles. The molecule has 2 N–H and O–H groups in total. The van der Waals surface area contributed by atoms with Gasteiger partial charge in [0.05, 0.1) is 0 Å². The van der Waals surface area contributed by atoms with Crippen molar-refractivity contribution in [2.24, 2.45) is 0 Å². The zero-order valence-electron chi connectivity index (χ0n) is 12.2. The van der Waals surface area contributed by atoms with E-state index in [4.69, 9.17) is 0 Å². The van der Waals surface area contributed by atoms with Gasteiger partial charge in [-0.1, -0.05) is 24.3 Å². The highest BCUT2D eigenvalue weighted by Crippen LogP contribution is 2.23. The first kappa shape index (κ1) is 14.8. The highest BCUT2D eigenvalue weighted by Gasteiger charge is 2.06. The lowest BCUT2D eigenvalue weighted by molar-refractivity contribution is 0.102. The Bertz CT molecular complexity index is 809. The van der Waals surface area contributed by atoms with Crippen LogP contribution in [-0.2, 0) is 0 Å². The third-order valence-corrected chi connectivity index (χ3v) is 3.45. The van der Waals surface area contributed by atoms with Gasteiger partial charge < -0.3 is 10.4 Å². The molecular weight excluding hydrogens is 293 g/mol. The average Bonchev–Trinajstić information content (AvgIpc) is 2.57. The summed E-state index contributed by atoms with van der Waals surface area (Å²) in [4.78, 5) is 12.1. The second kappa shape index (κ2) is 6.32. The van der Waals surface area contributed by atoms with Crippen LogP contribution in [-0.4, -0.2) is 11.0 Å². The van der Waals surface area contributed by atoms with E-state index in [0.29, 0.717) is 11.3 Å². The number of nitrogens with one attached hydrogen (secondary N) is 1. The third-order valence-electron chi connectivity index (χ3n) is 3.45. The summed E-state index contributed by atoms with van der Waals surface area (Å²) in [5.74, 6) is -0.445. The molecule has 3 aromatic carbocycles. The van der Waals surface area contributed by atoms with E-state index in [9.17, 15) is 14.3 Å². The predicted molar refractivity (Wildman–Crippen MR) is 87.9 cm³/mol. The number of carbonyl (C=O) groups excluding carboxylic acids is 1. The van der Waals surface area contributed by atoms with Gasteiger partial charge in [0.1, 0.15) is 11.6 Å². The second-order valence-electron chi connectivity index (χ2n) is 5.09. The number of benzene rings is 3. The number of anilines is 1. The molecule has 0 aliphatic heterocycles. The van der Waals surface area contributed by atoms with Gasteiger partial charge in [-0.3, -0.25) is 4.79 Å². The minimum atomic E-state index is -0.375. The number of aromatic hydroxyl groups is 1. The van der Waals surface area contributed by atoms with Gasteiger partial charge in [0.2, 0.25) is 0 Å². The van der Waals surface area contributed by atoms with E-state index in [1.54, 1.807) is 24.3 Å². The van der Waals surface area contributed by atoms with Crippen LogP contribution in [0.2, 0.25) is 0 Å². The van der Waals surface area contributed by atoms with Gasteiger partial charge in [-0.15, -0.1) is 0 Å². The van der Waals surface area contributed by atoms with E-state index < -0.39 is 0 Å². The van der Waals surface area contributed by atoms with Crippen molar-refractivity contribution in [1.82, 2.24) is 0 Å². The fourth-order valence-electron chi connectivity index (χ4n) is 2.20. The molecule has 114 valence electrons. The van der Waals surface area contributed by atoms with Crippen LogP contribution in [0.5, 0.6) is 5.75 Å². The first-order valence-corrected chi connectivity index (χ1v) is 7.08. The van der Waals surface area contributed by atoms with Crippen molar-refractivity contribution in [3.63, 3.8) is 0 Å². The standard InChI is InChI=1S/C19H14FNO2/c20-16-7-1-15(2-8-16)19(23)21-17-9-3-13(4-10-17)14-5-11-18(22)12-6-14/h1-12,22H,(H,21,23). The number of halogens is 1. The normalized spacial score (nSPS) is 10.3. The maximum absolute atomic E-state index is 12.9. The van der Waals surface area contributed by atoms with E-state index in [0.717, 1.165) is 11.1 Å². The molecule has 0 radical (unpaired) electrons. The maximum Gasteiger partial charge on any atom is 0.255 e. The topological polar surface area (TPSA) is 49.3 Å². The molecule has 3 aromatic rings. The summed E-state index contributed by atoms with van der Waals surface area (Å²) >= 11 is 0. The van der Waals surface area contributed by atoms with Gasteiger partial charge in [0, 0.05) is 11.3 Å². The molecule has 3 rings (SSSR count). The van der Waals surface area contributed by atoms with Crippen LogP contribution in [0.4, 0.5) is 10.1 Å². The highest BCUT2D eigenvalue weighted by molar-refractivity contribution is 6.04. The molecular formula is C19H14FNO2. The lowest BCUT2D eigenvalue weighted by Gasteiger charge is -2.07. The van der Waals surface area contributed by atoms with Gasteiger partial charge in [-0.2, -0.15) is 0 Å². The first-order valence-electron chi connectivity index (χ1n) is 7.08. The van der Waals surface area contributed by atoms with Crippen LogP contribution < -0.4 is 5.32 Å². The fraction of sp³-hybridized carbons (Fsp3) is 0. The van der Waals surface area contributed by atoms with Gasteiger partial charge in [-0.25, -0.2) is 4.39 Å². The minimum absolute atomic E-state index is 0.219. The number of amides is 1. The van der Waals surface area contributed by atoms with Crippen molar-refractivity contribution in [3.05, 3.63) is 84.2 Å². The van der Waals surface area contributed by atoms with E-state index in [1.165, 1.54) is 24.3 Å². The zero-order valence-corrected chi connectivity index (χ0v) is 12.2. The van der Waals surface area contributed by atoms with Crippen LogP contribution in [0.15, 0.2) is 72.8 Å². The van der Waals surface area contributed by atoms with Crippen LogP contribution in [0.25, 0.3) is 11.1 Å². The van der Waals surface area contributed by atoms with Gasteiger partial charge in [0.15, 0.2) is 0 Å². The lowest BCUT2D eigenvalue weighted by atomic mass is 10.1. The summed E-state index contributed by atoms with van der Waals surface area (Å²) in [6.07, 6.45) is 0. The molecule has 0 spiro atoms. The van der Waals surface area contributed by atoms with Crippen LogP contribution in [0, 0.1) is 5.82 Å². The molecule has 0 aliphatic carbocycles. The van der Waals surface area contributed by atoms with E-state index in [1.807, 2.05) is 24.3 Å². The molecule has 0 bridgehead atoms. The molecule has 0 atom stereocenters. The van der Waals surface area contributed by atoms with Crippen molar-refractivity contribution in [3.8, 4) is 16.9 Å². The van der Waals surface area contributed by atoms with Gasteiger partial charge in [-0.05, 0) is 59.7 Å². The average molecular weight is 307 g/mol. The van der Waals surface area contributed by atoms with Crippen molar-refractivity contribution < 1.29 is 14.3 Å². The molecule has 4 heteroatoms. The molecule has 0 unspecified atom stereocenters. The minimum Gasteiger partial charge on any atom is -0.508 e. The Kier molecular flexibility index (Phi) is 4.06. The van der Waals surface area contributed by atoms with Crippen LogP contribution in [0.1, 0.15) is 10.4 Å². The van der Waals surface area contributed by atoms with E-state index in [2.05, 4.69) is 5.32 Å². The smallest absolute Gasteiger partial charge is 0.255 e. The molecule has 1 amide bonds. The Morgan fingerprint density at radius 2 is 1.30 bits per heavy atom. The predicted octanol–water partition coefficient (Wildman–Crippen LogP) is 4.45. The Labute approximate surface area is 133 Å². The largest absolute Gasteiger partial charge is 0.508 e. The summed E-state index contributed by atoms with van der Waals surface area (Å²) in [6.45, 7) is 0. The molecule has 0 aromatic heterocycles.